The van der Waals surface area contributed by atoms with Crippen LogP contribution in [0.5, 0.6) is 0 Å². The number of piperidine rings is 1. The maximum absolute atomic E-state index is 13.5. The fourth-order valence-electron chi connectivity index (χ4n) is 5.50. The summed E-state index contributed by atoms with van der Waals surface area (Å²) in [7, 11) is -3.60. The van der Waals surface area contributed by atoms with Gasteiger partial charge in [0.2, 0.25) is 15.9 Å². The highest BCUT2D eigenvalue weighted by Gasteiger charge is 2.38. The zero-order chi connectivity index (χ0) is 24.0. The van der Waals surface area contributed by atoms with E-state index in [2.05, 4.69) is 4.98 Å². The lowest BCUT2D eigenvalue weighted by molar-refractivity contribution is -0.137. The molecular formula is C27H28N4O3S. The number of aromatic amines is 1. The Bertz CT molecular complexity index is 1470. The summed E-state index contributed by atoms with van der Waals surface area (Å²) in [6.45, 7) is 1.43. The van der Waals surface area contributed by atoms with Gasteiger partial charge in [-0.15, -0.1) is 0 Å². The molecule has 1 aromatic heterocycles. The number of benzene rings is 3. The lowest BCUT2D eigenvalue weighted by atomic mass is 9.96. The molecule has 6 rings (SSSR count). The van der Waals surface area contributed by atoms with Crippen LogP contribution >= 0.6 is 0 Å². The van der Waals surface area contributed by atoms with Gasteiger partial charge in [0.25, 0.3) is 0 Å². The number of H-pyrrole nitrogens is 1. The van der Waals surface area contributed by atoms with E-state index in [1.807, 2.05) is 59.5 Å². The smallest absolute Gasteiger partial charge is 0.243 e. The van der Waals surface area contributed by atoms with Crippen LogP contribution in [0.25, 0.3) is 21.8 Å². The minimum absolute atomic E-state index is 0.0470. The summed E-state index contributed by atoms with van der Waals surface area (Å²) in [6.07, 6.45) is 2.91. The molecule has 4 aromatic rings. The molecule has 0 bridgehead atoms. The number of fused-ring (bicyclic) bond motifs is 2. The van der Waals surface area contributed by atoms with Crippen molar-refractivity contribution in [1.82, 2.24) is 19.2 Å². The van der Waals surface area contributed by atoms with E-state index in [4.69, 9.17) is 4.98 Å². The van der Waals surface area contributed by atoms with Crippen molar-refractivity contribution in [3.8, 4) is 0 Å². The van der Waals surface area contributed by atoms with Crippen LogP contribution in [0.15, 0.2) is 71.6 Å². The Kier molecular flexibility index (Phi) is 5.57. The van der Waals surface area contributed by atoms with E-state index in [0.29, 0.717) is 30.8 Å². The maximum Gasteiger partial charge on any atom is 0.243 e. The van der Waals surface area contributed by atoms with Crippen LogP contribution in [0.2, 0.25) is 0 Å². The zero-order valence-electron chi connectivity index (χ0n) is 19.4. The van der Waals surface area contributed by atoms with Crippen molar-refractivity contribution in [2.24, 2.45) is 5.92 Å². The average molecular weight is 489 g/mol. The molecule has 1 amide bonds. The van der Waals surface area contributed by atoms with Gasteiger partial charge in [-0.2, -0.15) is 4.31 Å². The third-order valence-corrected chi connectivity index (χ3v) is 9.32. The van der Waals surface area contributed by atoms with E-state index in [0.717, 1.165) is 47.0 Å². The third kappa shape index (κ3) is 4.00. The first-order valence-electron chi connectivity index (χ1n) is 12.2. The highest BCUT2D eigenvalue weighted by Crippen LogP contribution is 2.35. The second-order valence-corrected chi connectivity index (χ2v) is 11.5. The fraction of sp³-hybridized carbons (Fsp3) is 0.333. The number of carbonyl (C=O) groups excluding carboxylic acids is 1. The SMILES string of the molecule is O=C(C1CCN(S(=O)(=O)c2ccc3ccccc3c2)CC1)N1CCCC1c1nc2ccccc2[nH]1. The lowest BCUT2D eigenvalue weighted by Crippen LogP contribution is -2.44. The number of hydrogen-bond donors (Lipinski definition) is 1. The number of para-hydroxylation sites is 2. The van der Waals surface area contributed by atoms with Crippen LogP contribution in [0.3, 0.4) is 0 Å². The second-order valence-electron chi connectivity index (χ2n) is 9.52. The molecule has 1 N–H and O–H groups in total. The van der Waals surface area contributed by atoms with Gasteiger partial charge in [-0.3, -0.25) is 4.79 Å². The quantitative estimate of drug-likeness (QED) is 0.459. The molecule has 2 saturated heterocycles. The predicted molar refractivity (Wildman–Crippen MR) is 135 cm³/mol. The number of sulfonamides is 1. The monoisotopic (exact) mass is 488 g/mol. The van der Waals surface area contributed by atoms with Gasteiger partial charge < -0.3 is 9.88 Å². The number of amides is 1. The Balaban J connectivity index is 1.15. The van der Waals surface area contributed by atoms with Gasteiger partial charge >= 0.3 is 0 Å². The molecule has 0 radical (unpaired) electrons. The van der Waals surface area contributed by atoms with E-state index in [-0.39, 0.29) is 17.9 Å². The largest absolute Gasteiger partial charge is 0.340 e. The first-order valence-corrected chi connectivity index (χ1v) is 13.7. The van der Waals surface area contributed by atoms with Crippen molar-refractivity contribution < 1.29 is 13.2 Å². The van der Waals surface area contributed by atoms with Crippen LogP contribution in [-0.2, 0) is 14.8 Å². The van der Waals surface area contributed by atoms with Gasteiger partial charge in [-0.1, -0.05) is 42.5 Å². The minimum atomic E-state index is -3.60. The Morgan fingerprint density at radius 3 is 2.43 bits per heavy atom. The van der Waals surface area contributed by atoms with Crippen molar-refractivity contribution in [2.45, 2.75) is 36.6 Å². The first-order chi connectivity index (χ1) is 17.0. The fourth-order valence-corrected chi connectivity index (χ4v) is 7.01. The van der Waals surface area contributed by atoms with E-state index < -0.39 is 10.0 Å². The number of carbonyl (C=O) groups is 1. The van der Waals surface area contributed by atoms with Crippen molar-refractivity contribution in [3.63, 3.8) is 0 Å². The molecule has 0 spiro atoms. The summed E-state index contributed by atoms with van der Waals surface area (Å²) in [5, 5.41) is 1.92. The van der Waals surface area contributed by atoms with Gasteiger partial charge in [-0.25, -0.2) is 13.4 Å². The van der Waals surface area contributed by atoms with Gasteiger partial charge in [0, 0.05) is 25.6 Å². The molecule has 3 heterocycles. The number of rotatable bonds is 4. The molecule has 7 nitrogen and oxygen atoms in total. The predicted octanol–water partition coefficient (Wildman–Crippen LogP) is 4.48. The van der Waals surface area contributed by atoms with Crippen molar-refractivity contribution in [1.29, 1.82) is 0 Å². The van der Waals surface area contributed by atoms with Gasteiger partial charge in [0.05, 0.1) is 22.0 Å². The standard InChI is InChI=1S/C27H28N4O3S/c32-27(31-15-5-10-25(31)26-28-23-8-3-4-9-24(23)29-26)20-13-16-30(17-14-20)35(33,34)22-12-11-19-6-1-2-7-21(19)18-22/h1-4,6-9,11-12,18,20,25H,5,10,13-17H2,(H,28,29). The number of likely N-dealkylation sites (tertiary alicyclic amines) is 1. The molecule has 180 valence electrons. The second kappa shape index (κ2) is 8.77. The van der Waals surface area contributed by atoms with Crippen LogP contribution in [-0.4, -0.2) is 53.1 Å². The highest BCUT2D eigenvalue weighted by atomic mass is 32.2. The van der Waals surface area contributed by atoms with E-state index >= 15 is 0 Å². The van der Waals surface area contributed by atoms with Crippen molar-refractivity contribution in [3.05, 3.63) is 72.6 Å². The molecule has 0 aliphatic carbocycles. The number of aromatic nitrogens is 2. The van der Waals surface area contributed by atoms with Crippen LogP contribution in [0.4, 0.5) is 0 Å². The summed E-state index contributed by atoms with van der Waals surface area (Å²) < 4.78 is 28.1. The van der Waals surface area contributed by atoms with Crippen LogP contribution in [0.1, 0.15) is 37.5 Å². The van der Waals surface area contributed by atoms with Crippen LogP contribution in [0, 0.1) is 5.92 Å². The number of nitrogens with zero attached hydrogens (tertiary/aromatic N) is 3. The molecule has 3 aromatic carbocycles. The van der Waals surface area contributed by atoms with E-state index in [1.54, 1.807) is 12.1 Å². The minimum Gasteiger partial charge on any atom is -0.340 e. The average Bonchev–Trinajstić information content (AvgIpc) is 3.55. The van der Waals surface area contributed by atoms with Gasteiger partial charge in [-0.05, 0) is 60.7 Å². The van der Waals surface area contributed by atoms with E-state index in [9.17, 15) is 13.2 Å². The Hall–Kier alpha value is -3.23. The number of imidazole rings is 1. The Morgan fingerprint density at radius 2 is 1.63 bits per heavy atom. The number of hydrogen-bond acceptors (Lipinski definition) is 4. The summed E-state index contributed by atoms with van der Waals surface area (Å²) in [5.74, 6) is 0.798. The summed E-state index contributed by atoms with van der Waals surface area (Å²) in [5.41, 5.74) is 1.89. The van der Waals surface area contributed by atoms with Crippen LogP contribution < -0.4 is 0 Å². The summed E-state index contributed by atoms with van der Waals surface area (Å²) >= 11 is 0. The highest BCUT2D eigenvalue weighted by molar-refractivity contribution is 7.89. The zero-order valence-corrected chi connectivity index (χ0v) is 20.2. The van der Waals surface area contributed by atoms with Gasteiger partial charge in [0.1, 0.15) is 5.82 Å². The number of nitrogens with one attached hydrogen (secondary N) is 1. The van der Waals surface area contributed by atoms with Crippen molar-refractivity contribution in [2.75, 3.05) is 19.6 Å². The van der Waals surface area contributed by atoms with Crippen molar-refractivity contribution >= 4 is 37.7 Å². The Morgan fingerprint density at radius 1 is 0.886 bits per heavy atom. The Labute approximate surface area is 204 Å². The molecule has 0 saturated carbocycles. The maximum atomic E-state index is 13.5. The molecule has 8 heteroatoms. The molecular weight excluding hydrogens is 460 g/mol. The third-order valence-electron chi connectivity index (χ3n) is 7.42. The molecule has 2 aliphatic heterocycles. The lowest BCUT2D eigenvalue weighted by Gasteiger charge is -2.34. The van der Waals surface area contributed by atoms with Gasteiger partial charge in [0.15, 0.2) is 0 Å². The molecule has 35 heavy (non-hydrogen) atoms. The summed E-state index contributed by atoms with van der Waals surface area (Å²) in [4.78, 5) is 23.9. The molecule has 1 atom stereocenters. The molecule has 1 unspecified atom stereocenters. The normalized spacial score (nSPS) is 20.1. The summed E-state index contributed by atoms with van der Waals surface area (Å²) in [6, 6.07) is 20.9. The molecule has 2 fully saturated rings. The van der Waals surface area contributed by atoms with E-state index in [1.165, 1.54) is 4.31 Å². The first kappa shape index (κ1) is 22.2. The topological polar surface area (TPSA) is 86.4 Å². The molecule has 2 aliphatic rings.